The summed E-state index contributed by atoms with van der Waals surface area (Å²) >= 11 is 0. The SMILES string of the molecule is COc1cnc(N[C@H]2CC[C@@H](Oc3nc(N4CCOCC4)cc4ncnn34)CC2)nc1. The second-order valence-corrected chi connectivity index (χ2v) is 7.71. The standard InChI is InChI=1S/C20H26N8O3/c1-29-16-11-21-19(22-12-16)25-14-2-4-15(5-3-14)31-20-26-18(27-6-8-30-9-7-27)10-17-23-13-24-28(17)20/h10-15H,2-9H2,1H3,(H,21,22,25)/t14-,15+. The normalized spacial score (nSPS) is 21.8. The number of ether oxygens (including phenoxy) is 3. The summed E-state index contributed by atoms with van der Waals surface area (Å²) in [6.07, 6.45) is 8.69. The van der Waals surface area contributed by atoms with Gasteiger partial charge in [-0.2, -0.15) is 14.6 Å². The van der Waals surface area contributed by atoms with Gasteiger partial charge in [0.15, 0.2) is 11.4 Å². The van der Waals surface area contributed by atoms with E-state index in [0.717, 1.165) is 50.2 Å². The van der Waals surface area contributed by atoms with Crippen LogP contribution >= 0.6 is 0 Å². The molecule has 0 aromatic carbocycles. The summed E-state index contributed by atoms with van der Waals surface area (Å²) in [6.45, 7) is 3.01. The number of fused-ring (bicyclic) bond motifs is 1. The molecule has 1 N–H and O–H groups in total. The van der Waals surface area contributed by atoms with E-state index in [1.54, 1.807) is 24.0 Å². The van der Waals surface area contributed by atoms with Crippen molar-refractivity contribution in [2.45, 2.75) is 37.8 Å². The Morgan fingerprint density at radius 2 is 1.84 bits per heavy atom. The van der Waals surface area contributed by atoms with Gasteiger partial charge in [0.1, 0.15) is 18.2 Å². The van der Waals surface area contributed by atoms with E-state index in [1.807, 2.05) is 6.07 Å². The molecule has 0 spiro atoms. The molecule has 11 nitrogen and oxygen atoms in total. The molecule has 31 heavy (non-hydrogen) atoms. The Kier molecular flexibility index (Phi) is 5.65. The van der Waals surface area contributed by atoms with E-state index >= 15 is 0 Å². The molecule has 4 heterocycles. The van der Waals surface area contributed by atoms with Crippen LogP contribution in [-0.4, -0.2) is 75.1 Å². The van der Waals surface area contributed by atoms with Crippen molar-refractivity contribution in [2.24, 2.45) is 0 Å². The summed E-state index contributed by atoms with van der Waals surface area (Å²) in [7, 11) is 1.60. The van der Waals surface area contributed by atoms with Crippen molar-refractivity contribution >= 4 is 17.4 Å². The lowest BCUT2D eigenvalue weighted by atomic mass is 9.93. The number of hydrogen-bond acceptors (Lipinski definition) is 10. The van der Waals surface area contributed by atoms with Crippen LogP contribution in [0.3, 0.4) is 0 Å². The van der Waals surface area contributed by atoms with Gasteiger partial charge in [0.25, 0.3) is 0 Å². The van der Waals surface area contributed by atoms with Crippen molar-refractivity contribution in [1.82, 2.24) is 29.5 Å². The van der Waals surface area contributed by atoms with E-state index in [-0.39, 0.29) is 6.10 Å². The molecule has 0 bridgehead atoms. The molecule has 0 atom stereocenters. The van der Waals surface area contributed by atoms with Crippen molar-refractivity contribution in [1.29, 1.82) is 0 Å². The third-order valence-electron chi connectivity index (χ3n) is 5.70. The zero-order valence-electron chi connectivity index (χ0n) is 17.5. The highest BCUT2D eigenvalue weighted by Crippen LogP contribution is 2.26. The number of rotatable bonds is 6. The van der Waals surface area contributed by atoms with Gasteiger partial charge in [0, 0.05) is 25.2 Å². The lowest BCUT2D eigenvalue weighted by Gasteiger charge is -2.30. The molecule has 0 unspecified atom stereocenters. The number of anilines is 2. The molecule has 1 aliphatic carbocycles. The summed E-state index contributed by atoms with van der Waals surface area (Å²) in [5.41, 5.74) is 0.735. The van der Waals surface area contributed by atoms with Crippen LogP contribution in [0.25, 0.3) is 5.65 Å². The molecule has 3 aromatic heterocycles. The maximum Gasteiger partial charge on any atom is 0.321 e. The summed E-state index contributed by atoms with van der Waals surface area (Å²) in [6, 6.07) is 2.75. The molecule has 2 aliphatic rings. The summed E-state index contributed by atoms with van der Waals surface area (Å²) < 4.78 is 18.5. The zero-order valence-corrected chi connectivity index (χ0v) is 17.5. The maximum absolute atomic E-state index is 6.30. The van der Waals surface area contributed by atoms with Crippen LogP contribution in [0.4, 0.5) is 11.8 Å². The van der Waals surface area contributed by atoms with Gasteiger partial charge >= 0.3 is 6.01 Å². The summed E-state index contributed by atoms with van der Waals surface area (Å²) in [5.74, 6) is 2.12. The predicted octanol–water partition coefficient (Wildman–Crippen LogP) is 1.56. The van der Waals surface area contributed by atoms with Crippen LogP contribution in [-0.2, 0) is 4.74 Å². The fraction of sp³-hybridized carbons (Fsp3) is 0.550. The second-order valence-electron chi connectivity index (χ2n) is 7.71. The van der Waals surface area contributed by atoms with Crippen molar-refractivity contribution < 1.29 is 14.2 Å². The van der Waals surface area contributed by atoms with E-state index in [0.29, 0.717) is 37.0 Å². The zero-order chi connectivity index (χ0) is 21.0. The molecule has 2 fully saturated rings. The topological polar surface area (TPSA) is 112 Å². The van der Waals surface area contributed by atoms with Crippen molar-refractivity contribution in [3.63, 3.8) is 0 Å². The second kappa shape index (κ2) is 8.88. The molecule has 3 aromatic rings. The van der Waals surface area contributed by atoms with Crippen LogP contribution in [0.2, 0.25) is 0 Å². The predicted molar refractivity (Wildman–Crippen MR) is 113 cm³/mol. The lowest BCUT2D eigenvalue weighted by Crippen LogP contribution is -2.37. The van der Waals surface area contributed by atoms with Gasteiger partial charge in [0.05, 0.1) is 32.7 Å². The fourth-order valence-corrected chi connectivity index (χ4v) is 3.97. The number of methoxy groups -OCH3 is 1. The molecule has 1 saturated heterocycles. The van der Waals surface area contributed by atoms with E-state index < -0.39 is 0 Å². The molecule has 11 heteroatoms. The van der Waals surface area contributed by atoms with Crippen LogP contribution in [0.5, 0.6) is 11.8 Å². The Morgan fingerprint density at radius 1 is 1.06 bits per heavy atom. The fourth-order valence-electron chi connectivity index (χ4n) is 3.97. The Bertz CT molecular complexity index is 997. The van der Waals surface area contributed by atoms with E-state index in [1.165, 1.54) is 6.33 Å². The van der Waals surface area contributed by atoms with Crippen molar-refractivity contribution in [3.05, 3.63) is 24.8 Å². The van der Waals surface area contributed by atoms with Crippen molar-refractivity contribution in [2.75, 3.05) is 43.6 Å². The minimum absolute atomic E-state index is 0.0784. The Hall–Kier alpha value is -3.21. The Balaban J connectivity index is 1.23. The first-order valence-electron chi connectivity index (χ1n) is 10.6. The maximum atomic E-state index is 6.30. The van der Waals surface area contributed by atoms with Gasteiger partial charge in [-0.1, -0.05) is 0 Å². The lowest BCUT2D eigenvalue weighted by molar-refractivity contribution is 0.121. The van der Waals surface area contributed by atoms with Gasteiger partial charge < -0.3 is 24.4 Å². The molecule has 164 valence electrons. The minimum Gasteiger partial charge on any atom is -0.494 e. The first-order chi connectivity index (χ1) is 15.3. The van der Waals surface area contributed by atoms with Crippen LogP contribution < -0.4 is 19.7 Å². The number of nitrogens with zero attached hydrogens (tertiary/aromatic N) is 7. The number of aromatic nitrogens is 6. The van der Waals surface area contributed by atoms with Crippen LogP contribution in [0.1, 0.15) is 25.7 Å². The highest BCUT2D eigenvalue weighted by Gasteiger charge is 2.25. The molecule has 1 saturated carbocycles. The molecule has 1 aliphatic heterocycles. The Morgan fingerprint density at radius 3 is 2.58 bits per heavy atom. The van der Waals surface area contributed by atoms with Gasteiger partial charge in [-0.3, -0.25) is 0 Å². The molecule has 5 rings (SSSR count). The third-order valence-corrected chi connectivity index (χ3v) is 5.70. The quantitative estimate of drug-likeness (QED) is 0.623. The first kappa shape index (κ1) is 19.7. The smallest absolute Gasteiger partial charge is 0.321 e. The van der Waals surface area contributed by atoms with E-state index in [9.17, 15) is 0 Å². The summed E-state index contributed by atoms with van der Waals surface area (Å²) in [4.78, 5) is 19.9. The Labute approximate surface area is 179 Å². The highest BCUT2D eigenvalue weighted by molar-refractivity contribution is 5.52. The van der Waals surface area contributed by atoms with E-state index in [2.05, 4.69) is 30.3 Å². The van der Waals surface area contributed by atoms with Crippen molar-refractivity contribution in [3.8, 4) is 11.8 Å². The van der Waals surface area contributed by atoms with Gasteiger partial charge in [-0.25, -0.2) is 15.0 Å². The molecule has 0 radical (unpaired) electrons. The molecule has 0 amide bonds. The number of hydrogen-bond donors (Lipinski definition) is 1. The van der Waals surface area contributed by atoms with Gasteiger partial charge in [-0.15, -0.1) is 0 Å². The minimum atomic E-state index is 0.0784. The summed E-state index contributed by atoms with van der Waals surface area (Å²) in [5, 5.41) is 7.69. The van der Waals surface area contributed by atoms with E-state index in [4.69, 9.17) is 19.2 Å². The average Bonchev–Trinajstić information content (AvgIpc) is 3.31. The number of morpholine rings is 1. The van der Waals surface area contributed by atoms with Gasteiger partial charge in [0.2, 0.25) is 5.95 Å². The van der Waals surface area contributed by atoms with Crippen LogP contribution in [0.15, 0.2) is 24.8 Å². The first-order valence-corrected chi connectivity index (χ1v) is 10.6. The van der Waals surface area contributed by atoms with Gasteiger partial charge in [-0.05, 0) is 25.7 Å². The number of nitrogens with one attached hydrogen (secondary N) is 1. The molecular formula is C20H26N8O3. The van der Waals surface area contributed by atoms with Crippen LogP contribution in [0, 0.1) is 0 Å². The monoisotopic (exact) mass is 426 g/mol. The average molecular weight is 426 g/mol. The third kappa shape index (κ3) is 4.46. The molecular weight excluding hydrogens is 400 g/mol. The largest absolute Gasteiger partial charge is 0.494 e. The highest BCUT2D eigenvalue weighted by atomic mass is 16.5.